The lowest BCUT2D eigenvalue weighted by molar-refractivity contribution is 0.375. The number of benzene rings is 1. The first kappa shape index (κ1) is 8.07. The van der Waals surface area contributed by atoms with Gasteiger partial charge >= 0.3 is 0 Å². The minimum Gasteiger partial charge on any atom is -0.508 e. The molecule has 0 amide bonds. The zero-order chi connectivity index (χ0) is 9.42. The lowest BCUT2D eigenvalue weighted by Gasteiger charge is -1.98. The predicted molar refractivity (Wildman–Crippen MR) is 48.3 cm³/mol. The van der Waals surface area contributed by atoms with Crippen molar-refractivity contribution >= 4 is 10.9 Å². The summed E-state index contributed by atoms with van der Waals surface area (Å²) >= 11 is 0. The van der Waals surface area contributed by atoms with Crippen molar-refractivity contribution in [2.75, 3.05) is 0 Å². The zero-order valence-electron chi connectivity index (χ0n) is 7.19. The number of hydrogen-bond donors (Lipinski definition) is 2. The fourth-order valence-electron chi connectivity index (χ4n) is 1.28. The number of aromatic nitrogens is 1. The molecule has 1 aromatic carbocycles. The highest BCUT2D eigenvalue weighted by atomic mass is 16.5. The van der Waals surface area contributed by atoms with Gasteiger partial charge in [0.25, 0.3) is 0 Å². The topological polar surface area (TPSA) is 72.3 Å². The summed E-state index contributed by atoms with van der Waals surface area (Å²) in [6.07, 6.45) is 0. The number of fused-ring (bicyclic) bond motifs is 1. The fourth-order valence-corrected chi connectivity index (χ4v) is 1.28. The highest BCUT2D eigenvalue weighted by molar-refractivity contribution is 5.82. The second-order valence-corrected chi connectivity index (χ2v) is 3.04. The molecule has 0 saturated carbocycles. The molecule has 0 aliphatic rings. The van der Waals surface area contributed by atoms with Gasteiger partial charge in [0.2, 0.25) is 0 Å². The smallest absolute Gasteiger partial charge is 0.161 e. The van der Waals surface area contributed by atoms with Gasteiger partial charge in [0.15, 0.2) is 5.76 Å². The van der Waals surface area contributed by atoms with Crippen molar-refractivity contribution in [2.24, 2.45) is 5.73 Å². The number of phenolic OH excluding ortho intramolecular Hbond substituents is 1. The van der Waals surface area contributed by atoms with Gasteiger partial charge in [-0.15, -0.1) is 0 Å². The Morgan fingerprint density at radius 2 is 2.31 bits per heavy atom. The van der Waals surface area contributed by atoms with E-state index in [9.17, 15) is 5.11 Å². The average molecular weight is 178 g/mol. The summed E-state index contributed by atoms with van der Waals surface area (Å²) < 4.78 is 5.05. The molecule has 0 bridgehead atoms. The summed E-state index contributed by atoms with van der Waals surface area (Å²) in [6.45, 7) is 1.81. The van der Waals surface area contributed by atoms with Crippen molar-refractivity contribution in [3.05, 3.63) is 24.0 Å². The highest BCUT2D eigenvalue weighted by Crippen LogP contribution is 2.25. The van der Waals surface area contributed by atoms with Crippen molar-refractivity contribution in [3.63, 3.8) is 0 Å². The molecular formula is C9H10N2O2. The van der Waals surface area contributed by atoms with E-state index in [1.807, 2.05) is 6.92 Å². The predicted octanol–water partition coefficient (Wildman–Crippen LogP) is 1.55. The zero-order valence-corrected chi connectivity index (χ0v) is 7.19. The van der Waals surface area contributed by atoms with Crippen LogP contribution in [0.2, 0.25) is 0 Å². The van der Waals surface area contributed by atoms with Crippen LogP contribution >= 0.6 is 0 Å². The minimum atomic E-state index is -0.216. The Kier molecular flexibility index (Phi) is 1.70. The first-order chi connectivity index (χ1) is 6.18. The van der Waals surface area contributed by atoms with Crippen molar-refractivity contribution in [3.8, 4) is 5.75 Å². The van der Waals surface area contributed by atoms with Crippen molar-refractivity contribution in [2.45, 2.75) is 13.0 Å². The normalized spacial score (nSPS) is 13.4. The molecule has 3 N–H and O–H groups in total. The van der Waals surface area contributed by atoms with Gasteiger partial charge in [0.05, 0.1) is 11.4 Å². The molecule has 1 heterocycles. The minimum absolute atomic E-state index is 0.192. The molecule has 0 radical (unpaired) electrons. The van der Waals surface area contributed by atoms with Gasteiger partial charge in [-0.05, 0) is 25.1 Å². The Morgan fingerprint density at radius 3 is 3.00 bits per heavy atom. The molecule has 1 atom stereocenters. The van der Waals surface area contributed by atoms with Crippen molar-refractivity contribution < 1.29 is 9.63 Å². The van der Waals surface area contributed by atoms with Crippen LogP contribution in [0.1, 0.15) is 18.7 Å². The van der Waals surface area contributed by atoms with E-state index in [2.05, 4.69) is 5.16 Å². The van der Waals surface area contributed by atoms with Gasteiger partial charge in [-0.3, -0.25) is 0 Å². The molecule has 1 aromatic heterocycles. The van der Waals surface area contributed by atoms with E-state index in [-0.39, 0.29) is 11.8 Å². The molecule has 0 fully saturated rings. The molecule has 2 aromatic rings. The van der Waals surface area contributed by atoms with Gasteiger partial charge in [-0.25, -0.2) is 0 Å². The second kappa shape index (κ2) is 2.74. The molecule has 0 spiro atoms. The monoisotopic (exact) mass is 178 g/mol. The molecule has 0 aliphatic carbocycles. The Morgan fingerprint density at radius 1 is 1.54 bits per heavy atom. The van der Waals surface area contributed by atoms with Crippen LogP contribution in [0.25, 0.3) is 10.9 Å². The summed E-state index contributed by atoms with van der Waals surface area (Å²) in [7, 11) is 0. The molecule has 2 rings (SSSR count). The SMILES string of the molecule is CC(N)c1onc2ccc(O)cc12. The van der Waals surface area contributed by atoms with Crippen LogP contribution in [0, 0.1) is 0 Å². The Hall–Kier alpha value is -1.55. The largest absolute Gasteiger partial charge is 0.508 e. The van der Waals surface area contributed by atoms with Gasteiger partial charge in [0.1, 0.15) is 11.3 Å². The number of rotatable bonds is 1. The fraction of sp³-hybridized carbons (Fsp3) is 0.222. The van der Waals surface area contributed by atoms with Crippen LogP contribution in [0.3, 0.4) is 0 Å². The number of hydrogen-bond acceptors (Lipinski definition) is 4. The van der Waals surface area contributed by atoms with Crippen LogP contribution in [-0.4, -0.2) is 10.3 Å². The molecule has 13 heavy (non-hydrogen) atoms. The van der Waals surface area contributed by atoms with E-state index in [0.29, 0.717) is 11.3 Å². The summed E-state index contributed by atoms with van der Waals surface area (Å²) in [5.41, 5.74) is 6.37. The first-order valence-electron chi connectivity index (χ1n) is 4.02. The summed E-state index contributed by atoms with van der Waals surface area (Å²) in [6, 6.07) is 4.65. The Bertz CT molecular complexity index is 434. The lowest BCUT2D eigenvalue weighted by atomic mass is 10.1. The number of nitrogens with zero attached hydrogens (tertiary/aromatic N) is 1. The number of nitrogens with two attached hydrogens (primary N) is 1. The summed E-state index contributed by atoms with van der Waals surface area (Å²) in [4.78, 5) is 0. The van der Waals surface area contributed by atoms with E-state index in [4.69, 9.17) is 10.3 Å². The van der Waals surface area contributed by atoms with Gasteiger partial charge in [-0.1, -0.05) is 5.16 Å². The maximum absolute atomic E-state index is 9.24. The van der Waals surface area contributed by atoms with Gasteiger partial charge < -0.3 is 15.4 Å². The number of phenols is 1. The molecule has 0 aliphatic heterocycles. The molecule has 68 valence electrons. The molecule has 0 saturated heterocycles. The molecule has 4 heteroatoms. The third kappa shape index (κ3) is 1.25. The van der Waals surface area contributed by atoms with Crippen LogP contribution < -0.4 is 5.73 Å². The van der Waals surface area contributed by atoms with Gasteiger partial charge in [-0.2, -0.15) is 0 Å². The van der Waals surface area contributed by atoms with Crippen LogP contribution in [0.4, 0.5) is 0 Å². The van der Waals surface area contributed by atoms with E-state index in [1.165, 1.54) is 0 Å². The van der Waals surface area contributed by atoms with Crippen molar-refractivity contribution in [1.29, 1.82) is 0 Å². The van der Waals surface area contributed by atoms with E-state index >= 15 is 0 Å². The van der Waals surface area contributed by atoms with Crippen LogP contribution in [0.15, 0.2) is 22.7 Å². The lowest BCUT2D eigenvalue weighted by Crippen LogP contribution is -2.03. The Labute approximate surface area is 74.9 Å². The van der Waals surface area contributed by atoms with Crippen molar-refractivity contribution in [1.82, 2.24) is 5.16 Å². The second-order valence-electron chi connectivity index (χ2n) is 3.04. The summed E-state index contributed by atoms with van der Waals surface area (Å²) in [5.74, 6) is 0.795. The third-order valence-corrected chi connectivity index (χ3v) is 1.90. The Balaban J connectivity index is 2.71. The maximum Gasteiger partial charge on any atom is 0.161 e. The standard InChI is InChI=1S/C9H10N2O2/c1-5(10)9-7-4-6(12)2-3-8(7)11-13-9/h2-5,12H,10H2,1H3. The van der Waals surface area contributed by atoms with Crippen LogP contribution in [-0.2, 0) is 0 Å². The highest BCUT2D eigenvalue weighted by Gasteiger charge is 2.11. The molecule has 1 unspecified atom stereocenters. The van der Waals surface area contributed by atoms with E-state index in [0.717, 1.165) is 5.39 Å². The first-order valence-corrected chi connectivity index (χ1v) is 4.02. The number of aromatic hydroxyl groups is 1. The van der Waals surface area contributed by atoms with Crippen LogP contribution in [0.5, 0.6) is 5.75 Å². The molecular weight excluding hydrogens is 168 g/mol. The molecule has 4 nitrogen and oxygen atoms in total. The summed E-state index contributed by atoms with van der Waals surface area (Å²) in [5, 5.41) is 13.8. The maximum atomic E-state index is 9.24. The quantitative estimate of drug-likeness (QED) is 0.694. The average Bonchev–Trinajstić information content (AvgIpc) is 2.46. The van der Waals surface area contributed by atoms with E-state index < -0.39 is 0 Å². The van der Waals surface area contributed by atoms with E-state index in [1.54, 1.807) is 18.2 Å². The third-order valence-electron chi connectivity index (χ3n) is 1.90. The van der Waals surface area contributed by atoms with Gasteiger partial charge in [0, 0.05) is 0 Å².